The fraction of sp³-hybridized carbons (Fsp3) is 0.150. The summed E-state index contributed by atoms with van der Waals surface area (Å²) in [7, 11) is 1.49. The summed E-state index contributed by atoms with van der Waals surface area (Å²) in [5.74, 6) is -0.970. The summed E-state index contributed by atoms with van der Waals surface area (Å²) >= 11 is 14.7. The van der Waals surface area contributed by atoms with E-state index in [0.29, 0.717) is 47.3 Å². The van der Waals surface area contributed by atoms with Crippen LogP contribution in [-0.2, 0) is 16.2 Å². The molecule has 31 heavy (non-hydrogen) atoms. The largest absolute Gasteiger partial charge is 0.493 e. The normalized spacial score (nSPS) is 15.0. The van der Waals surface area contributed by atoms with Gasteiger partial charge in [-0.3, -0.25) is 19.3 Å². The topological polar surface area (TPSA) is 93.1 Å². The molecule has 2 amide bonds. The number of aliphatic carboxylic acids is 1. The van der Waals surface area contributed by atoms with E-state index in [1.807, 2.05) is 0 Å². The number of halogens is 3. The molecular weight excluding hydrogens is 580 g/mol. The fourth-order valence-electron chi connectivity index (χ4n) is 2.67. The van der Waals surface area contributed by atoms with Crippen LogP contribution in [-0.4, -0.2) is 40.8 Å². The van der Waals surface area contributed by atoms with E-state index < -0.39 is 23.7 Å². The van der Waals surface area contributed by atoms with E-state index in [9.17, 15) is 14.4 Å². The van der Waals surface area contributed by atoms with Gasteiger partial charge < -0.3 is 14.6 Å². The number of carboxylic acid groups (broad SMARTS) is 1. The zero-order valence-corrected chi connectivity index (χ0v) is 20.3. The van der Waals surface area contributed by atoms with Gasteiger partial charge in [0, 0.05) is 0 Å². The number of carboxylic acids is 1. The third-order valence-electron chi connectivity index (χ3n) is 4.08. The number of carbonyl (C=O) groups is 3. The molecule has 0 radical (unpaired) electrons. The number of hydrogen-bond donors (Lipinski definition) is 1. The molecule has 11 heteroatoms. The Kier molecular flexibility index (Phi) is 7.73. The molecular formula is C20H14Cl2INO6S. The fourth-order valence-corrected chi connectivity index (χ4v) is 4.61. The number of carbonyl (C=O) groups excluding carboxylic acids is 2. The molecule has 1 aliphatic heterocycles. The lowest BCUT2D eigenvalue weighted by molar-refractivity contribution is -0.140. The van der Waals surface area contributed by atoms with Gasteiger partial charge in [0.15, 0.2) is 11.5 Å². The second-order valence-corrected chi connectivity index (χ2v) is 9.20. The Hall–Kier alpha value is -1.95. The molecule has 1 fully saturated rings. The lowest BCUT2D eigenvalue weighted by Gasteiger charge is -2.14. The number of amides is 2. The van der Waals surface area contributed by atoms with Crippen LogP contribution in [0.5, 0.6) is 11.5 Å². The van der Waals surface area contributed by atoms with Gasteiger partial charge in [-0.2, -0.15) is 0 Å². The van der Waals surface area contributed by atoms with Crippen LogP contribution < -0.4 is 9.47 Å². The molecule has 0 aliphatic carbocycles. The molecule has 7 nitrogen and oxygen atoms in total. The van der Waals surface area contributed by atoms with Gasteiger partial charge in [-0.1, -0.05) is 29.3 Å². The van der Waals surface area contributed by atoms with Crippen LogP contribution in [0.4, 0.5) is 4.79 Å². The van der Waals surface area contributed by atoms with E-state index in [0.717, 1.165) is 5.56 Å². The van der Waals surface area contributed by atoms with Crippen molar-refractivity contribution in [3.05, 3.63) is 60.0 Å². The Labute approximate surface area is 205 Å². The number of nitrogens with zero attached hydrogens (tertiary/aromatic N) is 1. The molecule has 2 aromatic carbocycles. The van der Waals surface area contributed by atoms with Gasteiger partial charge in [-0.05, 0) is 75.8 Å². The van der Waals surface area contributed by atoms with Crippen LogP contribution >= 0.6 is 57.6 Å². The second kappa shape index (κ2) is 10.1. The van der Waals surface area contributed by atoms with Crippen molar-refractivity contribution in [1.29, 1.82) is 0 Å². The summed E-state index contributed by atoms with van der Waals surface area (Å²) in [5, 5.41) is 9.12. The van der Waals surface area contributed by atoms with Crippen molar-refractivity contribution in [1.82, 2.24) is 4.90 Å². The highest BCUT2D eigenvalue weighted by Gasteiger charge is 2.36. The lowest BCUT2D eigenvalue weighted by atomic mass is 10.1. The van der Waals surface area contributed by atoms with E-state index >= 15 is 0 Å². The quantitative estimate of drug-likeness (QED) is 0.344. The molecule has 0 bridgehead atoms. The number of hydrogen-bond acceptors (Lipinski definition) is 6. The molecule has 0 aromatic heterocycles. The summed E-state index contributed by atoms with van der Waals surface area (Å²) in [5.41, 5.74) is 1.42. The van der Waals surface area contributed by atoms with Gasteiger partial charge in [-0.25, -0.2) is 0 Å². The minimum absolute atomic E-state index is 0.133. The molecule has 0 saturated carbocycles. The Morgan fingerprint density at radius 1 is 1.23 bits per heavy atom. The van der Waals surface area contributed by atoms with Crippen molar-refractivity contribution in [2.24, 2.45) is 0 Å². The van der Waals surface area contributed by atoms with Crippen molar-refractivity contribution in [3.8, 4) is 11.5 Å². The summed E-state index contributed by atoms with van der Waals surface area (Å²) in [6.45, 7) is -0.443. The second-order valence-electron chi connectivity index (χ2n) is 6.23. The van der Waals surface area contributed by atoms with Gasteiger partial charge >= 0.3 is 5.97 Å². The Morgan fingerprint density at radius 3 is 2.61 bits per heavy atom. The highest BCUT2D eigenvalue weighted by Crippen LogP contribution is 2.37. The molecule has 162 valence electrons. The number of imide groups is 1. The molecule has 0 unspecified atom stereocenters. The SMILES string of the molecule is COc1cc(/C=C2/SC(=O)N(CC(=O)O)C2=O)cc(I)c1OCc1ccc(Cl)c(Cl)c1. The molecule has 2 aromatic rings. The van der Waals surface area contributed by atoms with Gasteiger partial charge in [0.05, 0.1) is 25.6 Å². The number of methoxy groups -OCH3 is 1. The average molecular weight is 594 g/mol. The first-order chi connectivity index (χ1) is 14.7. The number of rotatable bonds is 7. The number of thioether (sulfide) groups is 1. The zero-order valence-electron chi connectivity index (χ0n) is 15.9. The minimum Gasteiger partial charge on any atom is -0.493 e. The number of benzene rings is 2. The Balaban J connectivity index is 1.83. The maximum atomic E-state index is 12.3. The number of ether oxygens (including phenoxy) is 2. The predicted octanol–water partition coefficient (Wildman–Crippen LogP) is 5.31. The van der Waals surface area contributed by atoms with Crippen LogP contribution in [0.2, 0.25) is 10.0 Å². The first kappa shape index (κ1) is 23.7. The average Bonchev–Trinajstić information content (AvgIpc) is 2.96. The molecule has 0 spiro atoms. The molecule has 3 rings (SSSR count). The van der Waals surface area contributed by atoms with Gasteiger partial charge in [0.1, 0.15) is 13.2 Å². The maximum Gasteiger partial charge on any atom is 0.323 e. The summed E-state index contributed by atoms with van der Waals surface area (Å²) in [6, 6.07) is 8.63. The van der Waals surface area contributed by atoms with Gasteiger partial charge in [0.25, 0.3) is 11.1 Å². The van der Waals surface area contributed by atoms with Crippen LogP contribution in [0.15, 0.2) is 35.2 Å². The summed E-state index contributed by atoms with van der Waals surface area (Å²) in [4.78, 5) is 36.0. The Morgan fingerprint density at radius 2 is 1.97 bits per heavy atom. The highest BCUT2D eigenvalue weighted by molar-refractivity contribution is 14.1. The van der Waals surface area contributed by atoms with Crippen molar-refractivity contribution in [2.45, 2.75) is 6.61 Å². The van der Waals surface area contributed by atoms with Gasteiger partial charge in [0.2, 0.25) is 0 Å². The summed E-state index contributed by atoms with van der Waals surface area (Å²) < 4.78 is 12.1. The van der Waals surface area contributed by atoms with E-state index in [2.05, 4.69) is 22.6 Å². The van der Waals surface area contributed by atoms with Crippen LogP contribution in [0.25, 0.3) is 6.08 Å². The van der Waals surface area contributed by atoms with Crippen LogP contribution in [0.1, 0.15) is 11.1 Å². The van der Waals surface area contributed by atoms with Crippen molar-refractivity contribution in [2.75, 3.05) is 13.7 Å². The molecule has 1 saturated heterocycles. The van der Waals surface area contributed by atoms with Gasteiger partial charge in [-0.15, -0.1) is 0 Å². The van der Waals surface area contributed by atoms with E-state index in [4.69, 9.17) is 37.8 Å². The first-order valence-corrected chi connectivity index (χ1v) is 11.3. The third-order valence-corrected chi connectivity index (χ3v) is 6.53. The molecule has 1 heterocycles. The van der Waals surface area contributed by atoms with E-state index in [-0.39, 0.29) is 11.5 Å². The monoisotopic (exact) mass is 593 g/mol. The molecule has 0 atom stereocenters. The molecule has 1 aliphatic rings. The summed E-state index contributed by atoms with van der Waals surface area (Å²) in [6.07, 6.45) is 1.51. The zero-order chi connectivity index (χ0) is 22.7. The van der Waals surface area contributed by atoms with Crippen molar-refractivity contribution < 1.29 is 29.0 Å². The minimum atomic E-state index is -1.26. The predicted molar refractivity (Wildman–Crippen MR) is 127 cm³/mol. The third kappa shape index (κ3) is 5.65. The maximum absolute atomic E-state index is 12.3. The van der Waals surface area contributed by atoms with Crippen LogP contribution in [0, 0.1) is 3.57 Å². The standard InChI is InChI=1S/C20H14Cl2INO6S/c1-29-15-6-11(7-16-19(27)24(8-17(25)26)20(28)31-16)5-14(23)18(15)30-9-10-2-3-12(21)13(22)4-10/h2-7H,8-9H2,1H3,(H,25,26)/b16-7+. The Bertz CT molecular complexity index is 1110. The lowest BCUT2D eigenvalue weighted by Crippen LogP contribution is -2.33. The smallest absolute Gasteiger partial charge is 0.323 e. The van der Waals surface area contributed by atoms with E-state index in [1.165, 1.54) is 13.2 Å². The van der Waals surface area contributed by atoms with Crippen molar-refractivity contribution >= 4 is 80.7 Å². The molecule has 1 N–H and O–H groups in total. The highest BCUT2D eigenvalue weighted by atomic mass is 127. The first-order valence-electron chi connectivity index (χ1n) is 8.61. The van der Waals surface area contributed by atoms with E-state index in [1.54, 1.807) is 30.3 Å². The van der Waals surface area contributed by atoms with Crippen molar-refractivity contribution in [3.63, 3.8) is 0 Å². The van der Waals surface area contributed by atoms with Crippen LogP contribution in [0.3, 0.4) is 0 Å².